The third kappa shape index (κ3) is 6.27. The second-order valence-corrected chi connectivity index (χ2v) is 17.2. The minimum absolute atomic E-state index is 0.141. The van der Waals surface area contributed by atoms with E-state index in [1.807, 2.05) is 11.3 Å². The summed E-state index contributed by atoms with van der Waals surface area (Å²) in [5.41, 5.74) is 15.3. The average molecular weight is 802 g/mol. The van der Waals surface area contributed by atoms with Crippen molar-refractivity contribution in [3.63, 3.8) is 0 Å². The molecule has 0 atom stereocenters. The SMILES string of the molecule is CC1(C)c2ccccc2-c2ccc(N(c3ccccc3)c3ccc(N(c4ccccc4)c4ccccc4)c4sc5ccc(N(c6ccccc6)c6ccccc6)cc5c34)cc21. The molecule has 0 N–H and O–H groups in total. The Balaban J connectivity index is 1.21. The van der Waals surface area contributed by atoms with Crippen LogP contribution in [0.4, 0.5) is 51.2 Å². The summed E-state index contributed by atoms with van der Waals surface area (Å²) in [6.07, 6.45) is 0. The monoisotopic (exact) mass is 801 g/mol. The fourth-order valence-corrected chi connectivity index (χ4v) is 10.6. The Morgan fingerprint density at radius 2 is 0.770 bits per heavy atom. The number of hydrogen-bond acceptors (Lipinski definition) is 4. The first kappa shape index (κ1) is 36.7. The van der Waals surface area contributed by atoms with Gasteiger partial charge in [-0.25, -0.2) is 0 Å². The third-order valence-electron chi connectivity index (χ3n) is 12.2. The van der Waals surface area contributed by atoms with Gasteiger partial charge in [0.25, 0.3) is 0 Å². The topological polar surface area (TPSA) is 9.72 Å². The number of thiophene rings is 1. The Bertz CT molecular complexity index is 3080. The molecule has 1 aliphatic carbocycles. The molecule has 0 radical (unpaired) electrons. The van der Waals surface area contributed by atoms with E-state index in [9.17, 15) is 0 Å². The molecule has 0 bridgehead atoms. The van der Waals surface area contributed by atoms with Gasteiger partial charge in [0.05, 0.1) is 16.1 Å². The molecule has 0 unspecified atom stereocenters. The van der Waals surface area contributed by atoms with Crippen molar-refractivity contribution in [2.24, 2.45) is 0 Å². The lowest BCUT2D eigenvalue weighted by Gasteiger charge is -2.31. The van der Waals surface area contributed by atoms with Gasteiger partial charge in [0.15, 0.2) is 0 Å². The summed E-state index contributed by atoms with van der Waals surface area (Å²) in [6.45, 7) is 4.73. The lowest BCUT2D eigenvalue weighted by Crippen LogP contribution is -2.17. The number of nitrogens with zero attached hydrogens (tertiary/aromatic N) is 3. The molecule has 10 aromatic rings. The highest BCUT2D eigenvalue weighted by Gasteiger charge is 2.36. The van der Waals surface area contributed by atoms with Gasteiger partial charge in [-0.3, -0.25) is 0 Å². The minimum Gasteiger partial charge on any atom is -0.310 e. The van der Waals surface area contributed by atoms with Crippen molar-refractivity contribution in [1.29, 1.82) is 0 Å². The number of anilines is 9. The zero-order valence-corrected chi connectivity index (χ0v) is 34.9. The minimum atomic E-state index is -0.141. The summed E-state index contributed by atoms with van der Waals surface area (Å²) in [5, 5.41) is 2.42. The van der Waals surface area contributed by atoms with Crippen molar-refractivity contribution in [1.82, 2.24) is 0 Å². The number of benzene rings is 9. The average Bonchev–Trinajstić information content (AvgIpc) is 3.81. The fourth-order valence-electron chi connectivity index (χ4n) is 9.36. The molecule has 3 nitrogen and oxygen atoms in total. The lowest BCUT2D eigenvalue weighted by atomic mass is 9.82. The predicted molar refractivity (Wildman–Crippen MR) is 261 cm³/mol. The molecule has 0 spiro atoms. The molecule has 292 valence electrons. The Labute approximate surface area is 361 Å². The van der Waals surface area contributed by atoms with Crippen molar-refractivity contribution < 1.29 is 0 Å². The zero-order valence-electron chi connectivity index (χ0n) is 34.1. The van der Waals surface area contributed by atoms with Crippen molar-refractivity contribution in [2.75, 3.05) is 14.7 Å². The van der Waals surface area contributed by atoms with Crippen LogP contribution in [0.15, 0.2) is 224 Å². The van der Waals surface area contributed by atoms with Gasteiger partial charge in [-0.2, -0.15) is 0 Å². The summed E-state index contributed by atoms with van der Waals surface area (Å²) in [6, 6.07) is 81.4. The van der Waals surface area contributed by atoms with Crippen LogP contribution in [0.1, 0.15) is 25.0 Å². The maximum absolute atomic E-state index is 2.48. The molecule has 0 amide bonds. The molecule has 0 saturated carbocycles. The second-order valence-electron chi connectivity index (χ2n) is 16.2. The summed E-state index contributed by atoms with van der Waals surface area (Å²) >= 11 is 1.86. The quantitative estimate of drug-likeness (QED) is 0.144. The molecule has 1 aliphatic rings. The van der Waals surface area contributed by atoms with Crippen molar-refractivity contribution >= 4 is 82.7 Å². The van der Waals surface area contributed by atoms with Gasteiger partial charge in [0.1, 0.15) is 0 Å². The molecular weight excluding hydrogens is 759 g/mol. The molecule has 61 heavy (non-hydrogen) atoms. The molecule has 0 fully saturated rings. The first-order valence-electron chi connectivity index (χ1n) is 20.9. The first-order chi connectivity index (χ1) is 30.0. The van der Waals surface area contributed by atoms with Gasteiger partial charge in [0.2, 0.25) is 0 Å². The molecule has 0 aliphatic heterocycles. The molecule has 9 aromatic carbocycles. The van der Waals surface area contributed by atoms with Crippen molar-refractivity contribution in [3.8, 4) is 11.1 Å². The number of fused-ring (bicyclic) bond motifs is 6. The first-order valence-corrected chi connectivity index (χ1v) is 21.8. The van der Waals surface area contributed by atoms with Gasteiger partial charge in [-0.05, 0) is 125 Å². The van der Waals surface area contributed by atoms with E-state index >= 15 is 0 Å². The van der Waals surface area contributed by atoms with E-state index in [-0.39, 0.29) is 5.41 Å². The highest BCUT2D eigenvalue weighted by molar-refractivity contribution is 7.26. The highest BCUT2D eigenvalue weighted by Crippen LogP contribution is 2.54. The van der Waals surface area contributed by atoms with E-state index in [1.54, 1.807) is 0 Å². The van der Waals surface area contributed by atoms with Crippen molar-refractivity contribution in [3.05, 3.63) is 236 Å². The Hall–Kier alpha value is -7.40. The largest absolute Gasteiger partial charge is 0.310 e. The van der Waals surface area contributed by atoms with E-state index in [1.165, 1.54) is 42.4 Å². The van der Waals surface area contributed by atoms with Crippen LogP contribution in [0.2, 0.25) is 0 Å². The van der Waals surface area contributed by atoms with Crippen LogP contribution in [-0.4, -0.2) is 0 Å². The van der Waals surface area contributed by atoms with E-state index in [0.717, 1.165) is 51.2 Å². The van der Waals surface area contributed by atoms with Crippen LogP contribution in [0.25, 0.3) is 31.3 Å². The Kier molecular flexibility index (Phi) is 9.02. The van der Waals surface area contributed by atoms with Crippen LogP contribution in [-0.2, 0) is 5.41 Å². The van der Waals surface area contributed by atoms with Gasteiger partial charge < -0.3 is 14.7 Å². The van der Waals surface area contributed by atoms with Crippen LogP contribution in [0, 0.1) is 0 Å². The van der Waals surface area contributed by atoms with Crippen molar-refractivity contribution in [2.45, 2.75) is 19.3 Å². The van der Waals surface area contributed by atoms with E-state index < -0.39 is 0 Å². The summed E-state index contributed by atoms with van der Waals surface area (Å²) in [7, 11) is 0. The van der Waals surface area contributed by atoms with Crippen LogP contribution in [0.3, 0.4) is 0 Å². The fraction of sp³-hybridized carbons (Fsp3) is 0.0526. The van der Waals surface area contributed by atoms with Crippen LogP contribution >= 0.6 is 11.3 Å². The highest BCUT2D eigenvalue weighted by atomic mass is 32.1. The molecule has 0 saturated heterocycles. The zero-order chi connectivity index (χ0) is 40.9. The Morgan fingerprint density at radius 3 is 1.33 bits per heavy atom. The van der Waals surface area contributed by atoms with E-state index in [4.69, 9.17) is 0 Å². The smallest absolute Gasteiger partial charge is 0.0641 e. The molecule has 11 rings (SSSR count). The standard InChI is InChI=1S/C57H43N3S/c1-57(2)50-31-19-18-30-47(50)48-34-32-46(39-51(48)57)60(44-28-16-7-17-29-44)52-35-36-53(59(42-24-12-5-13-25-42)43-26-14-6-15-27-43)56-55(52)49-38-45(33-37-54(49)61-56)58(40-20-8-3-9-21-40)41-22-10-4-11-23-41/h3-39H,1-2H3. The third-order valence-corrected chi connectivity index (χ3v) is 13.4. The maximum atomic E-state index is 2.48. The van der Waals surface area contributed by atoms with Gasteiger partial charge in [-0.15, -0.1) is 11.3 Å². The molecule has 1 heterocycles. The lowest BCUT2D eigenvalue weighted by molar-refractivity contribution is 0.660. The number of rotatable bonds is 9. The molecular formula is C57H43N3S. The van der Waals surface area contributed by atoms with Crippen LogP contribution in [0.5, 0.6) is 0 Å². The van der Waals surface area contributed by atoms with Gasteiger partial charge >= 0.3 is 0 Å². The maximum Gasteiger partial charge on any atom is 0.0641 e. The predicted octanol–water partition coefficient (Wildman–Crippen LogP) is 16.8. The van der Waals surface area contributed by atoms with Gasteiger partial charge in [-0.1, -0.05) is 135 Å². The van der Waals surface area contributed by atoms with Crippen LogP contribution < -0.4 is 14.7 Å². The Morgan fingerprint density at radius 1 is 0.344 bits per heavy atom. The van der Waals surface area contributed by atoms with Gasteiger partial charge in [0, 0.05) is 60.7 Å². The molecule has 4 heteroatoms. The summed E-state index contributed by atoms with van der Waals surface area (Å²) in [5.74, 6) is 0. The molecule has 1 aromatic heterocycles. The van der Waals surface area contributed by atoms with E-state index in [0.29, 0.717) is 0 Å². The number of para-hydroxylation sites is 5. The van der Waals surface area contributed by atoms with E-state index in [2.05, 4.69) is 253 Å². The summed E-state index contributed by atoms with van der Waals surface area (Å²) < 4.78 is 2.45. The number of hydrogen-bond donors (Lipinski definition) is 0. The second kappa shape index (κ2) is 15.0. The normalized spacial score (nSPS) is 12.6. The summed E-state index contributed by atoms with van der Waals surface area (Å²) in [4.78, 5) is 7.25.